The van der Waals surface area contributed by atoms with Crippen LogP contribution in [0.3, 0.4) is 0 Å². The molecule has 1 atom stereocenters. The predicted molar refractivity (Wildman–Crippen MR) is 91.7 cm³/mol. The highest BCUT2D eigenvalue weighted by atomic mass is 79.9. The van der Waals surface area contributed by atoms with Crippen LogP contribution in [-0.4, -0.2) is 20.6 Å². The number of hydrogen-bond acceptors (Lipinski definition) is 3. The molecule has 0 radical (unpaired) electrons. The van der Waals surface area contributed by atoms with E-state index in [1.807, 2.05) is 53.1 Å². The first-order valence-electron chi connectivity index (χ1n) is 7.20. The molecule has 0 aliphatic carbocycles. The molecule has 5 nitrogen and oxygen atoms in total. The first-order chi connectivity index (χ1) is 11.0. The molecule has 0 fully saturated rings. The predicted octanol–water partition coefficient (Wildman–Crippen LogP) is 2.56. The summed E-state index contributed by atoms with van der Waals surface area (Å²) in [5.41, 5.74) is 7.77. The maximum atomic E-state index is 11.3. The molecule has 0 saturated heterocycles. The first-order valence-corrected chi connectivity index (χ1v) is 8.00. The first kappa shape index (κ1) is 15.7. The summed E-state index contributed by atoms with van der Waals surface area (Å²) in [6.45, 7) is 0.305. The molecule has 1 unspecified atom stereocenters. The number of primary amides is 1. The second-order valence-corrected chi connectivity index (χ2v) is 6.26. The molecule has 0 aliphatic heterocycles. The van der Waals surface area contributed by atoms with Crippen molar-refractivity contribution in [3.8, 4) is 0 Å². The van der Waals surface area contributed by atoms with Crippen molar-refractivity contribution in [3.05, 3.63) is 64.4 Å². The largest absolute Gasteiger partial charge is 0.387 e. The maximum Gasteiger partial charge on any atom is 0.225 e. The van der Waals surface area contributed by atoms with Crippen LogP contribution in [0.1, 0.15) is 17.5 Å². The van der Waals surface area contributed by atoms with Crippen molar-refractivity contribution in [2.24, 2.45) is 5.73 Å². The SMILES string of the molecule is NC(=O)Cc1nc2ccccc2n1CC(O)c1cccc(Br)c1. The van der Waals surface area contributed by atoms with E-state index in [4.69, 9.17) is 5.73 Å². The van der Waals surface area contributed by atoms with Gasteiger partial charge in [-0.3, -0.25) is 4.79 Å². The molecule has 0 saturated carbocycles. The molecule has 3 rings (SSSR count). The molecule has 118 valence electrons. The molecule has 0 aliphatic rings. The number of fused-ring (bicyclic) bond motifs is 1. The molecular formula is C17H16BrN3O2. The number of benzene rings is 2. The highest BCUT2D eigenvalue weighted by Crippen LogP contribution is 2.23. The lowest BCUT2D eigenvalue weighted by molar-refractivity contribution is -0.117. The summed E-state index contributed by atoms with van der Waals surface area (Å²) in [5.74, 6) is 0.117. The summed E-state index contributed by atoms with van der Waals surface area (Å²) in [7, 11) is 0. The number of nitrogens with two attached hydrogens (primary N) is 1. The Hall–Kier alpha value is -2.18. The number of aromatic nitrogens is 2. The molecule has 0 bridgehead atoms. The van der Waals surface area contributed by atoms with E-state index in [1.54, 1.807) is 0 Å². The Morgan fingerprint density at radius 1 is 1.26 bits per heavy atom. The van der Waals surface area contributed by atoms with Crippen LogP contribution in [0.5, 0.6) is 0 Å². The van der Waals surface area contributed by atoms with E-state index < -0.39 is 12.0 Å². The summed E-state index contributed by atoms with van der Waals surface area (Å²) in [4.78, 5) is 15.8. The maximum absolute atomic E-state index is 11.3. The Balaban J connectivity index is 1.99. The van der Waals surface area contributed by atoms with Gasteiger partial charge in [0.25, 0.3) is 0 Å². The monoisotopic (exact) mass is 373 g/mol. The number of imidazole rings is 1. The average Bonchev–Trinajstić information content (AvgIpc) is 2.84. The molecule has 1 aromatic heterocycles. The Kier molecular flexibility index (Phi) is 4.45. The van der Waals surface area contributed by atoms with Crippen LogP contribution >= 0.6 is 15.9 Å². The fraction of sp³-hybridized carbons (Fsp3) is 0.176. The van der Waals surface area contributed by atoms with Crippen LogP contribution in [-0.2, 0) is 17.8 Å². The third-order valence-electron chi connectivity index (χ3n) is 3.65. The van der Waals surface area contributed by atoms with Crippen LogP contribution in [0.2, 0.25) is 0 Å². The van der Waals surface area contributed by atoms with Crippen molar-refractivity contribution in [3.63, 3.8) is 0 Å². The van der Waals surface area contributed by atoms with Crippen molar-refractivity contribution in [2.45, 2.75) is 19.1 Å². The Morgan fingerprint density at radius 3 is 2.78 bits per heavy atom. The number of carbonyl (C=O) groups is 1. The Morgan fingerprint density at radius 2 is 2.04 bits per heavy atom. The molecule has 1 heterocycles. The van der Waals surface area contributed by atoms with Crippen molar-refractivity contribution in [1.29, 1.82) is 0 Å². The highest BCUT2D eigenvalue weighted by molar-refractivity contribution is 9.10. The topological polar surface area (TPSA) is 81.1 Å². The van der Waals surface area contributed by atoms with E-state index in [0.29, 0.717) is 12.4 Å². The van der Waals surface area contributed by atoms with Crippen LogP contribution in [0.25, 0.3) is 11.0 Å². The van der Waals surface area contributed by atoms with Crippen molar-refractivity contribution in [2.75, 3.05) is 0 Å². The molecule has 6 heteroatoms. The number of aliphatic hydroxyl groups is 1. The van der Waals surface area contributed by atoms with Gasteiger partial charge in [-0.15, -0.1) is 0 Å². The van der Waals surface area contributed by atoms with Crippen molar-refractivity contribution in [1.82, 2.24) is 9.55 Å². The normalized spacial score (nSPS) is 12.4. The number of halogens is 1. The van der Waals surface area contributed by atoms with Crippen molar-refractivity contribution < 1.29 is 9.90 Å². The highest BCUT2D eigenvalue weighted by Gasteiger charge is 2.16. The van der Waals surface area contributed by atoms with Gasteiger partial charge in [0.05, 0.1) is 30.1 Å². The fourth-order valence-corrected chi connectivity index (χ4v) is 3.03. The number of carbonyl (C=O) groups excluding carboxylic acids is 1. The minimum absolute atomic E-state index is 0.0416. The molecule has 1 amide bonds. The quantitative estimate of drug-likeness (QED) is 0.720. The van der Waals surface area contributed by atoms with Crippen LogP contribution in [0.4, 0.5) is 0 Å². The van der Waals surface area contributed by atoms with Gasteiger partial charge >= 0.3 is 0 Å². The van der Waals surface area contributed by atoms with Gasteiger partial charge in [-0.05, 0) is 29.8 Å². The third-order valence-corrected chi connectivity index (χ3v) is 4.15. The van der Waals surface area contributed by atoms with Crippen molar-refractivity contribution >= 4 is 32.9 Å². The zero-order chi connectivity index (χ0) is 16.4. The van der Waals surface area contributed by atoms with Gasteiger partial charge in [0.2, 0.25) is 5.91 Å². The van der Waals surface area contributed by atoms with Gasteiger partial charge in [0, 0.05) is 4.47 Å². The zero-order valence-electron chi connectivity index (χ0n) is 12.3. The van der Waals surface area contributed by atoms with E-state index in [0.717, 1.165) is 21.1 Å². The summed E-state index contributed by atoms with van der Waals surface area (Å²) >= 11 is 3.40. The lowest BCUT2D eigenvalue weighted by Crippen LogP contribution is -2.19. The molecule has 3 N–H and O–H groups in total. The lowest BCUT2D eigenvalue weighted by Gasteiger charge is -2.15. The number of nitrogens with zero attached hydrogens (tertiary/aromatic N) is 2. The van der Waals surface area contributed by atoms with Crippen LogP contribution < -0.4 is 5.73 Å². The zero-order valence-corrected chi connectivity index (χ0v) is 13.9. The molecule has 3 aromatic rings. The van der Waals surface area contributed by atoms with Gasteiger partial charge in [-0.2, -0.15) is 0 Å². The summed E-state index contributed by atoms with van der Waals surface area (Å²) in [6, 6.07) is 15.1. The van der Waals surface area contributed by atoms with Gasteiger partial charge in [-0.25, -0.2) is 4.98 Å². The molecule has 0 spiro atoms. The van der Waals surface area contributed by atoms with E-state index in [1.165, 1.54) is 0 Å². The smallest absolute Gasteiger partial charge is 0.225 e. The second-order valence-electron chi connectivity index (χ2n) is 5.34. The number of aliphatic hydroxyl groups excluding tert-OH is 1. The Bertz CT molecular complexity index is 860. The van der Waals surface area contributed by atoms with Gasteiger partial charge in [-0.1, -0.05) is 40.2 Å². The minimum atomic E-state index is -0.711. The minimum Gasteiger partial charge on any atom is -0.387 e. The fourth-order valence-electron chi connectivity index (χ4n) is 2.61. The number of rotatable bonds is 5. The average molecular weight is 374 g/mol. The number of hydrogen-bond donors (Lipinski definition) is 2. The van der Waals surface area contributed by atoms with E-state index in [9.17, 15) is 9.90 Å². The number of amides is 1. The van der Waals surface area contributed by atoms with Gasteiger partial charge in [0.1, 0.15) is 5.82 Å². The van der Waals surface area contributed by atoms with E-state index in [-0.39, 0.29) is 6.42 Å². The summed E-state index contributed by atoms with van der Waals surface area (Å²) in [6.07, 6.45) is -0.670. The summed E-state index contributed by atoms with van der Waals surface area (Å²) in [5, 5.41) is 10.5. The molecule has 2 aromatic carbocycles. The van der Waals surface area contributed by atoms with Crippen LogP contribution in [0, 0.1) is 0 Å². The lowest BCUT2D eigenvalue weighted by atomic mass is 10.1. The summed E-state index contributed by atoms with van der Waals surface area (Å²) < 4.78 is 2.76. The van der Waals surface area contributed by atoms with Gasteiger partial charge < -0.3 is 15.4 Å². The van der Waals surface area contributed by atoms with E-state index in [2.05, 4.69) is 20.9 Å². The molecular weight excluding hydrogens is 358 g/mol. The molecule has 23 heavy (non-hydrogen) atoms. The second kappa shape index (κ2) is 6.52. The standard InChI is InChI=1S/C17H16BrN3O2/c18-12-5-3-4-11(8-12)15(22)10-21-14-7-2-1-6-13(14)20-17(21)9-16(19)23/h1-8,15,22H,9-10H2,(H2,19,23). The Labute approximate surface area is 141 Å². The van der Waals surface area contributed by atoms with Crippen LogP contribution in [0.15, 0.2) is 53.0 Å². The third kappa shape index (κ3) is 3.43. The van der Waals surface area contributed by atoms with Gasteiger partial charge in [0.15, 0.2) is 0 Å². The van der Waals surface area contributed by atoms with E-state index >= 15 is 0 Å². The number of para-hydroxylation sites is 2.